The number of piperidine rings is 1. The van der Waals surface area contributed by atoms with Crippen molar-refractivity contribution < 1.29 is 5.11 Å². The van der Waals surface area contributed by atoms with Crippen LogP contribution in [0.4, 0.5) is 0 Å². The van der Waals surface area contributed by atoms with Gasteiger partial charge in [-0.1, -0.05) is 55.8 Å². The molecule has 1 aliphatic rings. The molecule has 0 bridgehead atoms. The van der Waals surface area contributed by atoms with Crippen LogP contribution in [0.3, 0.4) is 0 Å². The number of hydrogen-bond donors (Lipinski definition) is 1. The van der Waals surface area contributed by atoms with E-state index in [1.54, 1.807) is 6.07 Å². The second kappa shape index (κ2) is 7.16. The molecule has 1 heterocycles. The van der Waals surface area contributed by atoms with Gasteiger partial charge in [-0.15, -0.1) is 0 Å². The lowest BCUT2D eigenvalue weighted by atomic mass is 9.68. The Kier molecular flexibility index (Phi) is 5.17. The summed E-state index contributed by atoms with van der Waals surface area (Å²) >= 11 is 6.27. The Hall–Kier alpha value is -1.51. The van der Waals surface area contributed by atoms with E-state index in [0.29, 0.717) is 11.7 Å². The summed E-state index contributed by atoms with van der Waals surface area (Å²) in [6.07, 6.45) is 2.11. The van der Waals surface area contributed by atoms with Crippen LogP contribution in [0.1, 0.15) is 31.4 Å². The Bertz CT molecular complexity index is 702. The quantitative estimate of drug-likeness (QED) is 0.854. The van der Waals surface area contributed by atoms with E-state index in [0.717, 1.165) is 37.5 Å². The van der Waals surface area contributed by atoms with E-state index in [2.05, 4.69) is 36.9 Å². The summed E-state index contributed by atoms with van der Waals surface area (Å²) in [6, 6.07) is 15.9. The molecule has 1 aliphatic heterocycles. The van der Waals surface area contributed by atoms with E-state index in [9.17, 15) is 5.11 Å². The van der Waals surface area contributed by atoms with Crippen LogP contribution in [0.15, 0.2) is 48.5 Å². The van der Waals surface area contributed by atoms with Crippen molar-refractivity contribution in [1.29, 1.82) is 0 Å². The first kappa shape index (κ1) is 17.3. The average molecular weight is 344 g/mol. The number of hydrogen-bond acceptors (Lipinski definition) is 2. The van der Waals surface area contributed by atoms with Crippen molar-refractivity contribution in [2.75, 3.05) is 19.6 Å². The molecule has 1 N–H and O–H groups in total. The van der Waals surface area contributed by atoms with Crippen molar-refractivity contribution in [1.82, 2.24) is 4.90 Å². The Morgan fingerprint density at radius 1 is 1.21 bits per heavy atom. The van der Waals surface area contributed by atoms with Crippen LogP contribution in [-0.4, -0.2) is 29.6 Å². The number of benzene rings is 2. The minimum absolute atomic E-state index is 0.125. The molecule has 1 saturated heterocycles. The number of nitrogens with zero attached hydrogens (tertiary/aromatic N) is 1. The van der Waals surface area contributed by atoms with E-state index in [1.165, 1.54) is 11.1 Å². The lowest BCUT2D eigenvalue weighted by molar-refractivity contribution is 0.112. The summed E-state index contributed by atoms with van der Waals surface area (Å²) in [6.45, 7) is 7.87. The van der Waals surface area contributed by atoms with E-state index in [4.69, 9.17) is 11.6 Å². The van der Waals surface area contributed by atoms with Gasteiger partial charge in [0.05, 0.1) is 0 Å². The fourth-order valence-corrected chi connectivity index (χ4v) is 4.02. The van der Waals surface area contributed by atoms with Gasteiger partial charge in [-0.25, -0.2) is 0 Å². The average Bonchev–Trinajstić information content (AvgIpc) is 2.57. The summed E-state index contributed by atoms with van der Waals surface area (Å²) in [5.74, 6) is 0.904. The maximum Gasteiger partial charge on any atom is 0.115 e. The second-order valence-corrected chi connectivity index (χ2v) is 7.67. The predicted octanol–water partition coefficient (Wildman–Crippen LogP) is 4.89. The Balaban J connectivity index is 1.64. The molecule has 3 heteroatoms. The fourth-order valence-electron chi connectivity index (χ4n) is 3.79. The number of rotatable bonds is 4. The van der Waals surface area contributed by atoms with Crippen LogP contribution in [0.5, 0.6) is 5.75 Å². The molecule has 2 aromatic carbocycles. The second-order valence-electron chi connectivity index (χ2n) is 7.26. The number of aromatic hydroxyl groups is 1. The number of halogens is 1. The molecule has 128 valence electrons. The fraction of sp³-hybridized carbons (Fsp3) is 0.429. The molecular weight excluding hydrogens is 318 g/mol. The summed E-state index contributed by atoms with van der Waals surface area (Å²) in [5.41, 5.74) is 2.61. The van der Waals surface area contributed by atoms with Gasteiger partial charge in [-0.2, -0.15) is 0 Å². The normalized spacial score (nSPS) is 24.9. The van der Waals surface area contributed by atoms with E-state index in [-0.39, 0.29) is 5.41 Å². The third-order valence-electron chi connectivity index (χ3n) is 5.73. The van der Waals surface area contributed by atoms with Gasteiger partial charge < -0.3 is 10.0 Å². The molecular formula is C21H26ClNO. The smallest absolute Gasteiger partial charge is 0.115 e. The van der Waals surface area contributed by atoms with Crippen molar-refractivity contribution in [2.24, 2.45) is 5.92 Å². The monoisotopic (exact) mass is 343 g/mol. The molecule has 2 aromatic rings. The van der Waals surface area contributed by atoms with Gasteiger partial charge >= 0.3 is 0 Å². The minimum atomic E-state index is 0.125. The Morgan fingerprint density at radius 2 is 2.00 bits per heavy atom. The predicted molar refractivity (Wildman–Crippen MR) is 101 cm³/mol. The molecule has 0 aliphatic carbocycles. The molecule has 0 unspecified atom stereocenters. The Labute approximate surface area is 150 Å². The highest BCUT2D eigenvalue weighted by Crippen LogP contribution is 2.40. The SMILES string of the molecule is C[C@@H]1CN(CCc2ccccc2Cl)CC[C@]1(C)c1cccc(O)c1. The van der Waals surface area contributed by atoms with Crippen LogP contribution >= 0.6 is 11.6 Å². The van der Waals surface area contributed by atoms with Crippen molar-refractivity contribution in [2.45, 2.75) is 32.1 Å². The van der Waals surface area contributed by atoms with Crippen molar-refractivity contribution in [3.8, 4) is 5.75 Å². The van der Waals surface area contributed by atoms with Gasteiger partial charge in [0, 0.05) is 18.1 Å². The highest BCUT2D eigenvalue weighted by Gasteiger charge is 2.37. The summed E-state index contributed by atoms with van der Waals surface area (Å²) in [5, 5.41) is 10.7. The minimum Gasteiger partial charge on any atom is -0.508 e. The van der Waals surface area contributed by atoms with E-state index >= 15 is 0 Å². The van der Waals surface area contributed by atoms with Crippen LogP contribution in [0.25, 0.3) is 0 Å². The van der Waals surface area contributed by atoms with Crippen LogP contribution in [0, 0.1) is 5.92 Å². The maximum atomic E-state index is 9.81. The van der Waals surface area contributed by atoms with Crippen molar-refractivity contribution >= 4 is 11.6 Å². The first-order valence-corrected chi connectivity index (χ1v) is 9.12. The first-order valence-electron chi connectivity index (χ1n) is 8.74. The Morgan fingerprint density at radius 3 is 2.71 bits per heavy atom. The van der Waals surface area contributed by atoms with Gasteiger partial charge in [0.25, 0.3) is 0 Å². The first-order chi connectivity index (χ1) is 11.5. The lowest BCUT2D eigenvalue weighted by Crippen LogP contribution is -2.47. The van der Waals surface area contributed by atoms with Crippen molar-refractivity contribution in [3.05, 3.63) is 64.7 Å². The number of phenolic OH excluding ortho intramolecular Hbond substituents is 1. The molecule has 0 amide bonds. The van der Waals surface area contributed by atoms with Gasteiger partial charge in [0.1, 0.15) is 5.75 Å². The summed E-state index contributed by atoms with van der Waals surface area (Å²) in [7, 11) is 0. The van der Waals surface area contributed by atoms with Crippen LogP contribution in [0.2, 0.25) is 5.02 Å². The largest absolute Gasteiger partial charge is 0.508 e. The molecule has 0 spiro atoms. The highest BCUT2D eigenvalue weighted by molar-refractivity contribution is 6.31. The van der Waals surface area contributed by atoms with Gasteiger partial charge in [-0.3, -0.25) is 0 Å². The third kappa shape index (κ3) is 3.60. The molecule has 3 rings (SSSR count). The van der Waals surface area contributed by atoms with Gasteiger partial charge in [-0.05, 0) is 60.0 Å². The molecule has 2 nitrogen and oxygen atoms in total. The number of likely N-dealkylation sites (tertiary alicyclic amines) is 1. The molecule has 0 aromatic heterocycles. The molecule has 0 saturated carbocycles. The molecule has 24 heavy (non-hydrogen) atoms. The maximum absolute atomic E-state index is 9.81. The highest BCUT2D eigenvalue weighted by atomic mass is 35.5. The van der Waals surface area contributed by atoms with Gasteiger partial charge in [0.2, 0.25) is 0 Å². The zero-order chi connectivity index (χ0) is 17.2. The zero-order valence-corrected chi connectivity index (χ0v) is 15.3. The third-order valence-corrected chi connectivity index (χ3v) is 6.10. The topological polar surface area (TPSA) is 23.5 Å². The summed E-state index contributed by atoms with van der Waals surface area (Å²) < 4.78 is 0. The van der Waals surface area contributed by atoms with Gasteiger partial charge in [0.15, 0.2) is 0 Å². The van der Waals surface area contributed by atoms with E-state index in [1.807, 2.05) is 24.3 Å². The van der Waals surface area contributed by atoms with Crippen molar-refractivity contribution in [3.63, 3.8) is 0 Å². The standard InChI is InChI=1S/C21H26ClNO/c1-16-15-23(12-10-17-6-3-4-9-20(17)22)13-11-21(16,2)18-7-5-8-19(24)14-18/h3-9,14,16,24H,10-13,15H2,1-2H3/t16-,21+/m1/s1. The number of phenols is 1. The summed E-state index contributed by atoms with van der Waals surface area (Å²) in [4.78, 5) is 2.54. The lowest BCUT2D eigenvalue weighted by Gasteiger charge is -2.45. The van der Waals surface area contributed by atoms with Crippen LogP contribution < -0.4 is 0 Å². The van der Waals surface area contributed by atoms with E-state index < -0.39 is 0 Å². The molecule has 0 radical (unpaired) electrons. The molecule has 2 atom stereocenters. The zero-order valence-electron chi connectivity index (χ0n) is 14.5. The molecule has 1 fully saturated rings. The van der Waals surface area contributed by atoms with Crippen LogP contribution in [-0.2, 0) is 11.8 Å².